The lowest BCUT2D eigenvalue weighted by Crippen LogP contribution is -2.12. The Balaban J connectivity index is 2.07. The maximum atomic E-state index is 11.1. The Morgan fingerprint density at radius 3 is 2.38 bits per heavy atom. The van der Waals surface area contributed by atoms with E-state index in [1.54, 1.807) is 30.3 Å². The predicted octanol–water partition coefficient (Wildman–Crippen LogP) is 2.47. The summed E-state index contributed by atoms with van der Waals surface area (Å²) in [5.41, 5.74) is 2.08. The molecule has 0 fully saturated rings. The number of rotatable bonds is 4. The Kier molecular flexibility index (Phi) is 4.48. The number of anilines is 1. The van der Waals surface area contributed by atoms with E-state index >= 15 is 0 Å². The predicted molar refractivity (Wildman–Crippen MR) is 81.3 cm³/mol. The highest BCUT2D eigenvalue weighted by Crippen LogP contribution is 2.20. The van der Waals surface area contributed by atoms with Crippen LogP contribution in [0.2, 0.25) is 5.02 Å². The first kappa shape index (κ1) is 15.3. The fourth-order valence-electron chi connectivity index (χ4n) is 1.72. The van der Waals surface area contributed by atoms with Crippen LogP contribution in [0.3, 0.4) is 0 Å². The maximum Gasteiger partial charge on any atom is 0.238 e. The molecule has 108 valence electrons. The first-order valence-electron chi connectivity index (χ1n) is 5.95. The second-order valence-electron chi connectivity index (χ2n) is 4.35. The van der Waals surface area contributed by atoms with Crippen molar-refractivity contribution in [2.24, 2.45) is 5.14 Å². The van der Waals surface area contributed by atoms with E-state index in [1.165, 1.54) is 12.1 Å². The molecular weight excluding hydrogens is 310 g/mol. The van der Waals surface area contributed by atoms with Gasteiger partial charge < -0.3 is 5.32 Å². The Morgan fingerprint density at radius 2 is 1.86 bits per heavy atom. The molecule has 0 heterocycles. The molecule has 7 heteroatoms. The molecule has 0 unspecified atom stereocenters. The van der Waals surface area contributed by atoms with E-state index < -0.39 is 10.0 Å². The van der Waals surface area contributed by atoms with Gasteiger partial charge >= 0.3 is 0 Å². The van der Waals surface area contributed by atoms with E-state index in [0.29, 0.717) is 17.1 Å². The van der Waals surface area contributed by atoms with E-state index in [-0.39, 0.29) is 4.90 Å². The van der Waals surface area contributed by atoms with Gasteiger partial charge in [-0.15, -0.1) is 0 Å². The molecule has 0 saturated carbocycles. The van der Waals surface area contributed by atoms with Crippen molar-refractivity contribution in [2.45, 2.75) is 11.4 Å². The molecule has 2 aromatic carbocycles. The highest BCUT2D eigenvalue weighted by atomic mass is 35.5. The third kappa shape index (κ3) is 3.95. The number of hydrogen-bond acceptors (Lipinski definition) is 4. The number of sulfonamides is 1. The summed E-state index contributed by atoms with van der Waals surface area (Å²) in [7, 11) is -3.67. The third-order valence-electron chi connectivity index (χ3n) is 2.84. The zero-order valence-corrected chi connectivity index (χ0v) is 12.4. The highest BCUT2D eigenvalue weighted by molar-refractivity contribution is 7.89. The van der Waals surface area contributed by atoms with E-state index in [4.69, 9.17) is 22.0 Å². The average molecular weight is 322 g/mol. The van der Waals surface area contributed by atoms with Crippen LogP contribution in [0.1, 0.15) is 11.1 Å². The quantitative estimate of drug-likeness (QED) is 0.904. The lowest BCUT2D eigenvalue weighted by atomic mass is 10.2. The number of hydrogen-bond donors (Lipinski definition) is 2. The molecule has 0 aliphatic heterocycles. The smallest absolute Gasteiger partial charge is 0.238 e. The van der Waals surface area contributed by atoms with E-state index in [0.717, 1.165) is 11.3 Å². The van der Waals surface area contributed by atoms with Gasteiger partial charge in [-0.2, -0.15) is 5.26 Å². The van der Waals surface area contributed by atoms with Crippen molar-refractivity contribution in [1.29, 1.82) is 5.26 Å². The summed E-state index contributed by atoms with van der Waals surface area (Å²) in [6.07, 6.45) is 0. The molecule has 0 amide bonds. The van der Waals surface area contributed by atoms with Crippen LogP contribution in [-0.2, 0) is 16.6 Å². The van der Waals surface area contributed by atoms with Crippen molar-refractivity contribution < 1.29 is 8.42 Å². The minimum atomic E-state index is -3.67. The van der Waals surface area contributed by atoms with Crippen LogP contribution in [0.15, 0.2) is 47.4 Å². The first-order valence-corrected chi connectivity index (χ1v) is 7.88. The van der Waals surface area contributed by atoms with Gasteiger partial charge in [0.05, 0.1) is 15.5 Å². The number of halogens is 1. The lowest BCUT2D eigenvalue weighted by Gasteiger charge is -2.08. The van der Waals surface area contributed by atoms with Crippen LogP contribution in [-0.4, -0.2) is 8.42 Å². The lowest BCUT2D eigenvalue weighted by molar-refractivity contribution is 0.598. The van der Waals surface area contributed by atoms with Crippen LogP contribution in [0, 0.1) is 11.3 Å². The van der Waals surface area contributed by atoms with Crippen molar-refractivity contribution in [1.82, 2.24) is 0 Å². The Morgan fingerprint density at radius 1 is 1.19 bits per heavy atom. The number of benzene rings is 2. The third-order valence-corrected chi connectivity index (χ3v) is 4.08. The zero-order chi connectivity index (χ0) is 15.5. The maximum absolute atomic E-state index is 11.1. The van der Waals surface area contributed by atoms with Crippen LogP contribution < -0.4 is 10.5 Å². The van der Waals surface area contributed by atoms with Crippen molar-refractivity contribution in [3.63, 3.8) is 0 Å². The SMILES string of the molecule is N#Cc1ccc(NCc2ccc(S(N)(=O)=O)cc2)cc1Cl. The van der Waals surface area contributed by atoms with Gasteiger partial charge in [0.1, 0.15) is 6.07 Å². The summed E-state index contributed by atoms with van der Waals surface area (Å²) < 4.78 is 22.3. The molecule has 0 radical (unpaired) electrons. The van der Waals surface area contributed by atoms with Crippen LogP contribution >= 0.6 is 11.6 Å². The van der Waals surface area contributed by atoms with Gasteiger partial charge in [0.25, 0.3) is 0 Å². The van der Waals surface area contributed by atoms with Crippen molar-refractivity contribution in [3.8, 4) is 6.07 Å². The molecule has 0 atom stereocenters. The zero-order valence-electron chi connectivity index (χ0n) is 10.9. The number of nitrogens with two attached hydrogens (primary N) is 1. The molecular formula is C14H12ClN3O2S. The Bertz CT molecular complexity index is 796. The van der Waals surface area contributed by atoms with Gasteiger partial charge in [-0.05, 0) is 35.9 Å². The molecule has 2 rings (SSSR count). The summed E-state index contributed by atoms with van der Waals surface area (Å²) in [5, 5.41) is 17.3. The van der Waals surface area contributed by atoms with Crippen LogP contribution in [0.5, 0.6) is 0 Å². The average Bonchev–Trinajstić information content (AvgIpc) is 2.45. The molecule has 21 heavy (non-hydrogen) atoms. The molecule has 0 aliphatic carbocycles. The monoisotopic (exact) mass is 321 g/mol. The van der Waals surface area contributed by atoms with Crippen LogP contribution in [0.25, 0.3) is 0 Å². The molecule has 0 spiro atoms. The molecule has 0 aromatic heterocycles. The summed E-state index contributed by atoms with van der Waals surface area (Å²) >= 11 is 5.94. The number of nitriles is 1. The van der Waals surface area contributed by atoms with Gasteiger partial charge in [-0.25, -0.2) is 13.6 Å². The van der Waals surface area contributed by atoms with Crippen molar-refractivity contribution in [3.05, 3.63) is 58.6 Å². The van der Waals surface area contributed by atoms with Crippen LogP contribution in [0.4, 0.5) is 5.69 Å². The minimum absolute atomic E-state index is 0.0765. The normalized spacial score (nSPS) is 10.9. The molecule has 3 N–H and O–H groups in total. The summed E-state index contributed by atoms with van der Waals surface area (Å²) in [5.74, 6) is 0. The fourth-order valence-corrected chi connectivity index (χ4v) is 2.46. The topological polar surface area (TPSA) is 96.0 Å². The number of nitrogens with one attached hydrogen (secondary N) is 1. The molecule has 5 nitrogen and oxygen atoms in total. The largest absolute Gasteiger partial charge is 0.381 e. The first-order chi connectivity index (χ1) is 9.90. The minimum Gasteiger partial charge on any atom is -0.381 e. The fraction of sp³-hybridized carbons (Fsp3) is 0.0714. The second kappa shape index (κ2) is 6.14. The Labute approximate surface area is 128 Å². The highest BCUT2D eigenvalue weighted by Gasteiger charge is 2.06. The Hall–Kier alpha value is -2.07. The second-order valence-corrected chi connectivity index (χ2v) is 6.32. The van der Waals surface area contributed by atoms with Gasteiger partial charge in [-0.1, -0.05) is 23.7 Å². The van der Waals surface area contributed by atoms with E-state index in [1.807, 2.05) is 6.07 Å². The molecule has 2 aromatic rings. The van der Waals surface area contributed by atoms with E-state index in [2.05, 4.69) is 5.32 Å². The van der Waals surface area contributed by atoms with Gasteiger partial charge in [-0.3, -0.25) is 0 Å². The van der Waals surface area contributed by atoms with Gasteiger partial charge in [0.15, 0.2) is 0 Å². The van der Waals surface area contributed by atoms with E-state index in [9.17, 15) is 8.42 Å². The molecule has 0 aliphatic rings. The molecule has 0 saturated heterocycles. The number of primary sulfonamides is 1. The summed E-state index contributed by atoms with van der Waals surface area (Å²) in [6.45, 7) is 0.493. The van der Waals surface area contributed by atoms with Crippen molar-refractivity contribution in [2.75, 3.05) is 5.32 Å². The van der Waals surface area contributed by atoms with Crippen molar-refractivity contribution >= 4 is 27.3 Å². The summed E-state index contributed by atoms with van der Waals surface area (Å²) in [4.78, 5) is 0.0765. The standard InChI is InChI=1S/C14H12ClN3O2S/c15-14-7-12(4-3-11(14)8-16)18-9-10-1-5-13(6-2-10)21(17,19)20/h1-7,18H,9H2,(H2,17,19,20). The molecule has 0 bridgehead atoms. The number of nitrogens with zero attached hydrogens (tertiary/aromatic N) is 1. The summed E-state index contributed by atoms with van der Waals surface area (Å²) in [6, 6.07) is 13.3. The van der Waals surface area contributed by atoms with Gasteiger partial charge in [0, 0.05) is 12.2 Å². The van der Waals surface area contributed by atoms with Gasteiger partial charge in [0.2, 0.25) is 10.0 Å².